The van der Waals surface area contributed by atoms with Gasteiger partial charge in [0.1, 0.15) is 5.76 Å². The highest BCUT2D eigenvalue weighted by atomic mass is 16.5. The maximum absolute atomic E-state index is 6.02. The van der Waals surface area contributed by atoms with Crippen LogP contribution in [-0.2, 0) is 13.1 Å². The van der Waals surface area contributed by atoms with Gasteiger partial charge >= 0.3 is 0 Å². The molecule has 1 fully saturated rings. The Bertz CT molecular complexity index is 871. The van der Waals surface area contributed by atoms with Crippen molar-refractivity contribution in [2.45, 2.75) is 25.9 Å². The third-order valence-electron chi connectivity index (χ3n) is 4.99. The second-order valence-corrected chi connectivity index (χ2v) is 7.05. The standard InChI is InChI=1S/C20H25N5O3/c1-26-18-10-19(27-2)23-20(22-18)17-6-5-16(28-17)13-24-8-3-4-15(11-24)12-25-9-7-21-14-25/h5-7,9-10,14-15H,3-4,8,11-13H2,1-2H3. The Kier molecular flexibility index (Phi) is 5.57. The van der Waals surface area contributed by atoms with Gasteiger partial charge in [-0.1, -0.05) is 0 Å². The van der Waals surface area contributed by atoms with Gasteiger partial charge in [0.05, 0.1) is 33.2 Å². The van der Waals surface area contributed by atoms with E-state index in [2.05, 4.69) is 24.4 Å². The van der Waals surface area contributed by atoms with Gasteiger partial charge in [0.2, 0.25) is 17.6 Å². The predicted molar refractivity (Wildman–Crippen MR) is 103 cm³/mol. The van der Waals surface area contributed by atoms with Gasteiger partial charge in [-0.2, -0.15) is 9.97 Å². The van der Waals surface area contributed by atoms with Crippen LogP contribution in [0.2, 0.25) is 0 Å². The third-order valence-corrected chi connectivity index (χ3v) is 4.99. The van der Waals surface area contributed by atoms with Crippen molar-refractivity contribution in [3.63, 3.8) is 0 Å². The van der Waals surface area contributed by atoms with Crippen LogP contribution >= 0.6 is 0 Å². The average molecular weight is 383 g/mol. The number of furan rings is 1. The van der Waals surface area contributed by atoms with E-state index < -0.39 is 0 Å². The molecular formula is C20H25N5O3. The summed E-state index contributed by atoms with van der Waals surface area (Å²) < 4.78 is 18.6. The molecule has 0 spiro atoms. The molecule has 3 aromatic heterocycles. The van der Waals surface area contributed by atoms with Crippen LogP contribution in [0.4, 0.5) is 0 Å². The SMILES string of the molecule is COc1cc(OC)nc(-c2ccc(CN3CCCC(Cn4ccnc4)C3)o2)n1. The zero-order valence-electron chi connectivity index (χ0n) is 16.2. The van der Waals surface area contributed by atoms with Gasteiger partial charge in [-0.3, -0.25) is 4.90 Å². The number of ether oxygens (including phenoxy) is 2. The lowest BCUT2D eigenvalue weighted by atomic mass is 9.98. The summed E-state index contributed by atoms with van der Waals surface area (Å²) >= 11 is 0. The van der Waals surface area contributed by atoms with E-state index in [9.17, 15) is 0 Å². The average Bonchev–Trinajstić information content (AvgIpc) is 3.40. The molecule has 0 aromatic carbocycles. The highest BCUT2D eigenvalue weighted by Gasteiger charge is 2.21. The van der Waals surface area contributed by atoms with Crippen LogP contribution < -0.4 is 9.47 Å². The van der Waals surface area contributed by atoms with Crippen molar-refractivity contribution >= 4 is 0 Å². The molecule has 1 saturated heterocycles. The lowest BCUT2D eigenvalue weighted by Crippen LogP contribution is -2.36. The first-order valence-corrected chi connectivity index (χ1v) is 9.47. The predicted octanol–water partition coefficient (Wildman–Crippen LogP) is 2.86. The molecular weight excluding hydrogens is 358 g/mol. The molecule has 0 bridgehead atoms. The first kappa shape index (κ1) is 18.5. The van der Waals surface area contributed by atoms with Gasteiger partial charge in [-0.05, 0) is 37.4 Å². The molecule has 1 unspecified atom stereocenters. The van der Waals surface area contributed by atoms with Crippen molar-refractivity contribution < 1.29 is 13.9 Å². The maximum Gasteiger partial charge on any atom is 0.220 e. The Morgan fingerprint density at radius 2 is 2.00 bits per heavy atom. The first-order chi connectivity index (χ1) is 13.7. The fraction of sp³-hybridized carbons (Fsp3) is 0.450. The molecule has 0 amide bonds. The van der Waals surface area contributed by atoms with Crippen molar-refractivity contribution in [2.75, 3.05) is 27.3 Å². The normalized spacial score (nSPS) is 17.6. The minimum absolute atomic E-state index is 0.443. The molecule has 0 aliphatic carbocycles. The van der Waals surface area contributed by atoms with Crippen LogP contribution in [0.15, 0.2) is 41.3 Å². The molecule has 1 atom stereocenters. The van der Waals surface area contributed by atoms with Crippen LogP contribution in [0.3, 0.4) is 0 Å². The molecule has 3 aromatic rings. The quantitative estimate of drug-likeness (QED) is 0.621. The summed E-state index contributed by atoms with van der Waals surface area (Å²) in [6.07, 6.45) is 8.19. The molecule has 4 rings (SSSR count). The Morgan fingerprint density at radius 1 is 1.18 bits per heavy atom. The number of aromatic nitrogens is 4. The van der Waals surface area contributed by atoms with Crippen molar-refractivity contribution in [1.29, 1.82) is 0 Å². The van der Waals surface area contributed by atoms with Gasteiger partial charge in [-0.25, -0.2) is 4.98 Å². The molecule has 0 saturated carbocycles. The molecule has 0 N–H and O–H groups in total. The molecule has 8 nitrogen and oxygen atoms in total. The molecule has 148 valence electrons. The van der Waals surface area contributed by atoms with Gasteiger partial charge in [-0.15, -0.1) is 0 Å². The monoisotopic (exact) mass is 383 g/mol. The molecule has 28 heavy (non-hydrogen) atoms. The lowest BCUT2D eigenvalue weighted by molar-refractivity contribution is 0.147. The fourth-order valence-corrected chi connectivity index (χ4v) is 3.66. The van der Waals surface area contributed by atoms with Gasteiger partial charge in [0.15, 0.2) is 5.76 Å². The molecule has 8 heteroatoms. The van der Waals surface area contributed by atoms with Crippen LogP contribution in [0.25, 0.3) is 11.6 Å². The van der Waals surface area contributed by atoms with E-state index in [-0.39, 0.29) is 0 Å². The van der Waals surface area contributed by atoms with E-state index in [1.54, 1.807) is 20.3 Å². The highest BCUT2D eigenvalue weighted by molar-refractivity contribution is 5.49. The van der Waals surface area contributed by atoms with E-state index in [1.165, 1.54) is 12.8 Å². The number of hydrogen-bond acceptors (Lipinski definition) is 7. The fourth-order valence-electron chi connectivity index (χ4n) is 3.66. The first-order valence-electron chi connectivity index (χ1n) is 9.47. The van der Waals surface area contributed by atoms with Crippen molar-refractivity contribution in [3.05, 3.63) is 42.7 Å². The number of hydrogen-bond donors (Lipinski definition) is 0. The van der Waals surface area contributed by atoms with Crippen LogP contribution in [0.5, 0.6) is 11.8 Å². The summed E-state index contributed by atoms with van der Waals surface area (Å²) in [6.45, 7) is 3.93. The van der Waals surface area contributed by atoms with Crippen molar-refractivity contribution in [3.8, 4) is 23.3 Å². The summed E-state index contributed by atoms with van der Waals surface area (Å²) in [5.74, 6) is 3.49. The summed E-state index contributed by atoms with van der Waals surface area (Å²) in [6, 6.07) is 5.53. The number of imidazole rings is 1. The Labute approximate surface area is 164 Å². The number of rotatable bonds is 7. The molecule has 4 heterocycles. The minimum Gasteiger partial charge on any atom is -0.481 e. The van der Waals surface area contributed by atoms with E-state index >= 15 is 0 Å². The van der Waals surface area contributed by atoms with Gasteiger partial charge in [0.25, 0.3) is 0 Å². The highest BCUT2D eigenvalue weighted by Crippen LogP contribution is 2.26. The largest absolute Gasteiger partial charge is 0.481 e. The number of nitrogens with zero attached hydrogens (tertiary/aromatic N) is 5. The molecule has 1 aliphatic heterocycles. The number of piperidine rings is 1. The van der Waals surface area contributed by atoms with Crippen LogP contribution in [0, 0.1) is 5.92 Å². The van der Waals surface area contributed by atoms with Crippen molar-refractivity contribution in [2.24, 2.45) is 5.92 Å². The van der Waals surface area contributed by atoms with E-state index in [4.69, 9.17) is 13.9 Å². The number of methoxy groups -OCH3 is 2. The molecule has 1 aliphatic rings. The number of likely N-dealkylation sites (tertiary alicyclic amines) is 1. The van der Waals surface area contributed by atoms with E-state index in [0.717, 1.165) is 31.9 Å². The lowest BCUT2D eigenvalue weighted by Gasteiger charge is -2.32. The van der Waals surface area contributed by atoms with E-state index in [1.807, 2.05) is 30.9 Å². The summed E-state index contributed by atoms with van der Waals surface area (Å²) in [7, 11) is 3.13. The summed E-state index contributed by atoms with van der Waals surface area (Å²) in [4.78, 5) is 15.3. The van der Waals surface area contributed by atoms with E-state index in [0.29, 0.717) is 29.3 Å². The van der Waals surface area contributed by atoms with Gasteiger partial charge in [0, 0.05) is 25.5 Å². The van der Waals surface area contributed by atoms with Crippen LogP contribution in [-0.4, -0.2) is 51.7 Å². The zero-order chi connectivity index (χ0) is 19.3. The second kappa shape index (κ2) is 8.43. The summed E-state index contributed by atoms with van der Waals surface area (Å²) in [5.41, 5.74) is 0. The Hall–Kier alpha value is -2.87. The van der Waals surface area contributed by atoms with Gasteiger partial charge < -0.3 is 18.5 Å². The summed E-state index contributed by atoms with van der Waals surface area (Å²) in [5, 5.41) is 0. The Balaban J connectivity index is 1.42. The topological polar surface area (TPSA) is 78.4 Å². The zero-order valence-corrected chi connectivity index (χ0v) is 16.2. The smallest absolute Gasteiger partial charge is 0.220 e. The maximum atomic E-state index is 6.02. The molecule has 0 radical (unpaired) electrons. The third kappa shape index (κ3) is 4.33. The van der Waals surface area contributed by atoms with Crippen molar-refractivity contribution in [1.82, 2.24) is 24.4 Å². The Morgan fingerprint density at radius 3 is 2.71 bits per heavy atom. The van der Waals surface area contributed by atoms with Crippen LogP contribution in [0.1, 0.15) is 18.6 Å². The second-order valence-electron chi connectivity index (χ2n) is 7.05. The minimum atomic E-state index is 0.443.